The van der Waals surface area contributed by atoms with Crippen LogP contribution in [-0.2, 0) is 13.0 Å². The lowest BCUT2D eigenvalue weighted by Gasteiger charge is -2.01. The Bertz CT molecular complexity index is 558. The molecule has 0 fully saturated rings. The Labute approximate surface area is 109 Å². The van der Waals surface area contributed by atoms with Crippen LogP contribution in [0.25, 0.3) is 0 Å². The van der Waals surface area contributed by atoms with Crippen molar-refractivity contribution < 1.29 is 4.79 Å². The van der Waals surface area contributed by atoms with Crippen LogP contribution in [0, 0.1) is 6.92 Å². The summed E-state index contributed by atoms with van der Waals surface area (Å²) in [7, 11) is 0. The summed E-state index contributed by atoms with van der Waals surface area (Å²) < 4.78 is 0. The van der Waals surface area contributed by atoms with Crippen molar-refractivity contribution in [2.24, 2.45) is 0 Å². The van der Waals surface area contributed by atoms with Gasteiger partial charge in [0.15, 0.2) is 5.69 Å². The maximum absolute atomic E-state index is 11.9. The third kappa shape index (κ3) is 2.53. The highest BCUT2D eigenvalue weighted by molar-refractivity contribution is 7.11. The zero-order valence-corrected chi connectivity index (χ0v) is 11.2. The zero-order chi connectivity index (χ0) is 13.1. The molecule has 0 aromatic carbocycles. The third-order valence-electron chi connectivity index (χ3n) is 2.70. The number of nitrogens with zero attached hydrogens (tertiary/aromatic N) is 1. The molecular formula is C12H16N4OS. The molecule has 0 aliphatic carbocycles. The van der Waals surface area contributed by atoms with Gasteiger partial charge in [0, 0.05) is 9.75 Å². The Balaban J connectivity index is 1.98. The van der Waals surface area contributed by atoms with Crippen molar-refractivity contribution in [3.8, 4) is 0 Å². The first-order chi connectivity index (χ1) is 8.61. The third-order valence-corrected chi connectivity index (χ3v) is 3.93. The Morgan fingerprint density at radius 3 is 2.78 bits per heavy atom. The number of hydrogen-bond donors (Lipinski definition) is 3. The normalized spacial score (nSPS) is 10.6. The summed E-state index contributed by atoms with van der Waals surface area (Å²) in [5.74, 6) is -0.247. The summed E-state index contributed by atoms with van der Waals surface area (Å²) in [6, 6.07) is 4.11. The summed E-state index contributed by atoms with van der Waals surface area (Å²) in [5.41, 5.74) is 7.13. The molecule has 2 aromatic rings. The number of rotatable bonds is 4. The van der Waals surface area contributed by atoms with E-state index in [-0.39, 0.29) is 11.6 Å². The summed E-state index contributed by atoms with van der Waals surface area (Å²) in [5, 5.41) is 9.40. The van der Waals surface area contributed by atoms with Gasteiger partial charge in [-0.25, -0.2) is 0 Å². The lowest BCUT2D eigenvalue weighted by molar-refractivity contribution is 0.0947. The molecule has 2 rings (SSSR count). The van der Waals surface area contributed by atoms with E-state index in [4.69, 9.17) is 5.73 Å². The van der Waals surface area contributed by atoms with Crippen molar-refractivity contribution in [1.29, 1.82) is 0 Å². The van der Waals surface area contributed by atoms with E-state index in [1.165, 1.54) is 4.88 Å². The molecule has 0 radical (unpaired) electrons. The first-order valence-electron chi connectivity index (χ1n) is 5.78. The highest BCUT2D eigenvalue weighted by atomic mass is 32.1. The van der Waals surface area contributed by atoms with Gasteiger partial charge in [0.05, 0.1) is 17.9 Å². The number of carbonyl (C=O) groups is 1. The molecule has 96 valence electrons. The molecule has 0 saturated heterocycles. The van der Waals surface area contributed by atoms with Crippen molar-refractivity contribution in [2.75, 3.05) is 5.73 Å². The maximum atomic E-state index is 11.9. The van der Waals surface area contributed by atoms with Crippen molar-refractivity contribution in [1.82, 2.24) is 15.5 Å². The minimum atomic E-state index is -0.247. The minimum Gasteiger partial charge on any atom is -0.395 e. The maximum Gasteiger partial charge on any atom is 0.274 e. The molecule has 0 bridgehead atoms. The fraction of sp³-hybridized carbons (Fsp3) is 0.333. The van der Waals surface area contributed by atoms with Crippen LogP contribution in [0.3, 0.4) is 0 Å². The molecule has 4 N–H and O–H groups in total. The van der Waals surface area contributed by atoms with Gasteiger partial charge in [-0.3, -0.25) is 9.89 Å². The van der Waals surface area contributed by atoms with Gasteiger partial charge in [-0.05, 0) is 25.5 Å². The van der Waals surface area contributed by atoms with E-state index in [1.54, 1.807) is 18.3 Å². The highest BCUT2D eigenvalue weighted by Crippen LogP contribution is 2.17. The van der Waals surface area contributed by atoms with Gasteiger partial charge in [-0.15, -0.1) is 11.3 Å². The number of carbonyl (C=O) groups excluding carboxylic acids is 1. The smallest absolute Gasteiger partial charge is 0.274 e. The number of nitrogens with one attached hydrogen (secondary N) is 2. The molecule has 0 saturated carbocycles. The van der Waals surface area contributed by atoms with Crippen LogP contribution >= 0.6 is 11.3 Å². The van der Waals surface area contributed by atoms with Crippen molar-refractivity contribution >= 4 is 22.9 Å². The van der Waals surface area contributed by atoms with Crippen LogP contribution in [0.5, 0.6) is 0 Å². The monoisotopic (exact) mass is 264 g/mol. The van der Waals surface area contributed by atoms with Gasteiger partial charge in [0.1, 0.15) is 0 Å². The van der Waals surface area contributed by atoms with E-state index in [9.17, 15) is 4.79 Å². The lowest BCUT2D eigenvalue weighted by Crippen LogP contribution is -2.23. The van der Waals surface area contributed by atoms with E-state index in [0.717, 1.165) is 11.3 Å². The van der Waals surface area contributed by atoms with Crippen molar-refractivity contribution in [3.05, 3.63) is 33.3 Å². The summed E-state index contributed by atoms with van der Waals surface area (Å²) in [4.78, 5) is 14.3. The number of thiophene rings is 1. The van der Waals surface area contributed by atoms with E-state index in [2.05, 4.69) is 28.5 Å². The fourth-order valence-electron chi connectivity index (χ4n) is 1.57. The number of H-pyrrole nitrogens is 1. The Morgan fingerprint density at radius 2 is 2.22 bits per heavy atom. The number of aryl methyl sites for hydroxylation is 2. The predicted molar refractivity (Wildman–Crippen MR) is 72.6 cm³/mol. The number of nitrogen functional groups attached to an aromatic ring is 1. The standard InChI is InChI=1S/C12H16N4OS/c1-3-8-4-5-9(18-8)6-14-12(17)11-10(13)7(2)15-16-11/h4-5H,3,6,13H2,1-2H3,(H,14,17)(H,15,16). The van der Waals surface area contributed by atoms with Gasteiger partial charge >= 0.3 is 0 Å². The molecular weight excluding hydrogens is 248 g/mol. The summed E-state index contributed by atoms with van der Waals surface area (Å²) >= 11 is 1.71. The number of hydrogen-bond acceptors (Lipinski definition) is 4. The topological polar surface area (TPSA) is 83.8 Å². The van der Waals surface area contributed by atoms with Crippen LogP contribution in [0.15, 0.2) is 12.1 Å². The SMILES string of the molecule is CCc1ccc(CNC(=O)c2n[nH]c(C)c2N)s1. The molecule has 0 unspecified atom stereocenters. The Kier molecular flexibility index (Phi) is 3.66. The summed E-state index contributed by atoms with van der Waals surface area (Å²) in [6.45, 7) is 4.40. The molecule has 0 atom stereocenters. The molecule has 18 heavy (non-hydrogen) atoms. The van der Waals surface area contributed by atoms with Gasteiger partial charge in [-0.2, -0.15) is 5.10 Å². The van der Waals surface area contributed by atoms with Crippen LogP contribution in [-0.4, -0.2) is 16.1 Å². The molecule has 2 aromatic heterocycles. The second kappa shape index (κ2) is 5.22. The quantitative estimate of drug-likeness (QED) is 0.788. The van der Waals surface area contributed by atoms with Gasteiger partial charge in [0.2, 0.25) is 0 Å². The van der Waals surface area contributed by atoms with Crippen LogP contribution in [0.1, 0.15) is 32.9 Å². The highest BCUT2D eigenvalue weighted by Gasteiger charge is 2.14. The summed E-state index contributed by atoms with van der Waals surface area (Å²) in [6.07, 6.45) is 1.02. The van der Waals surface area contributed by atoms with E-state index < -0.39 is 0 Å². The second-order valence-corrected chi connectivity index (χ2v) is 5.27. The molecule has 0 aliphatic rings. The first kappa shape index (κ1) is 12.6. The largest absolute Gasteiger partial charge is 0.395 e. The number of amides is 1. The van der Waals surface area contributed by atoms with E-state index >= 15 is 0 Å². The minimum absolute atomic E-state index is 0.247. The molecule has 1 amide bonds. The molecule has 2 heterocycles. The number of nitrogens with two attached hydrogens (primary N) is 1. The Hall–Kier alpha value is -1.82. The molecule has 5 nitrogen and oxygen atoms in total. The second-order valence-electron chi connectivity index (χ2n) is 4.02. The van der Waals surface area contributed by atoms with Gasteiger partial charge < -0.3 is 11.1 Å². The zero-order valence-electron chi connectivity index (χ0n) is 10.4. The number of anilines is 1. The van der Waals surface area contributed by atoms with Crippen molar-refractivity contribution in [2.45, 2.75) is 26.8 Å². The Morgan fingerprint density at radius 1 is 1.50 bits per heavy atom. The van der Waals surface area contributed by atoms with Crippen LogP contribution in [0.2, 0.25) is 0 Å². The molecule has 6 heteroatoms. The van der Waals surface area contributed by atoms with Gasteiger partial charge in [-0.1, -0.05) is 6.92 Å². The van der Waals surface area contributed by atoms with Crippen LogP contribution in [0.4, 0.5) is 5.69 Å². The number of aromatic nitrogens is 2. The van der Waals surface area contributed by atoms with Gasteiger partial charge in [0.25, 0.3) is 5.91 Å². The average Bonchev–Trinajstić information content (AvgIpc) is 2.95. The molecule has 0 aliphatic heterocycles. The number of aromatic amines is 1. The van der Waals surface area contributed by atoms with Crippen molar-refractivity contribution in [3.63, 3.8) is 0 Å². The van der Waals surface area contributed by atoms with E-state index in [0.29, 0.717) is 17.9 Å². The fourth-order valence-corrected chi connectivity index (χ4v) is 2.47. The van der Waals surface area contributed by atoms with E-state index in [1.807, 2.05) is 6.07 Å². The van der Waals surface area contributed by atoms with Crippen LogP contribution < -0.4 is 11.1 Å². The first-order valence-corrected chi connectivity index (χ1v) is 6.59. The molecule has 0 spiro atoms. The lowest BCUT2D eigenvalue weighted by atomic mass is 10.3. The predicted octanol–water partition coefficient (Wildman–Crippen LogP) is 1.85. The average molecular weight is 264 g/mol.